The Morgan fingerprint density at radius 1 is 1.10 bits per heavy atom. The average Bonchev–Trinajstić information content (AvgIpc) is 3.20. The molecule has 0 radical (unpaired) electrons. The number of benzene rings is 2. The van der Waals surface area contributed by atoms with Crippen molar-refractivity contribution in [3.8, 4) is 17.1 Å². The summed E-state index contributed by atoms with van der Waals surface area (Å²) in [5.41, 5.74) is 5.37. The van der Waals surface area contributed by atoms with Crippen LogP contribution in [-0.2, 0) is 11.2 Å². The van der Waals surface area contributed by atoms with Gasteiger partial charge in [0.15, 0.2) is 11.7 Å². The number of aromatic nitrogens is 1. The monoisotopic (exact) mass is 397 g/mol. The molecule has 2 amide bonds. The van der Waals surface area contributed by atoms with Crippen molar-refractivity contribution < 1.29 is 23.1 Å². The van der Waals surface area contributed by atoms with Crippen LogP contribution in [0.25, 0.3) is 11.3 Å². The first-order valence-corrected chi connectivity index (χ1v) is 9.08. The van der Waals surface area contributed by atoms with Crippen LogP contribution in [-0.4, -0.2) is 23.4 Å². The molecule has 2 aromatic carbocycles. The van der Waals surface area contributed by atoms with E-state index >= 15 is 0 Å². The first-order chi connectivity index (χ1) is 14.1. The summed E-state index contributed by atoms with van der Waals surface area (Å²) in [5, 5.41) is 0. The number of nitrogens with one attached hydrogen (secondary N) is 2. The van der Waals surface area contributed by atoms with Gasteiger partial charge in [0, 0.05) is 18.4 Å². The number of ether oxygens (including phenoxy) is 1. The highest BCUT2D eigenvalue weighted by Gasteiger charge is 2.12. The van der Waals surface area contributed by atoms with Crippen LogP contribution in [0.15, 0.2) is 59.1 Å². The summed E-state index contributed by atoms with van der Waals surface area (Å²) < 4.78 is 24.6. The number of amides is 2. The minimum Gasteiger partial charge on any atom is -0.494 e. The third-order valence-electron chi connectivity index (χ3n) is 4.00. The molecule has 7 nitrogen and oxygen atoms in total. The van der Waals surface area contributed by atoms with Gasteiger partial charge in [0.05, 0.1) is 18.4 Å². The van der Waals surface area contributed by atoms with Crippen LogP contribution in [0.3, 0.4) is 0 Å². The van der Waals surface area contributed by atoms with E-state index in [0.29, 0.717) is 35.1 Å². The summed E-state index contributed by atoms with van der Waals surface area (Å²) >= 11 is 0. The number of oxazole rings is 1. The highest BCUT2D eigenvalue weighted by Crippen LogP contribution is 2.23. The van der Waals surface area contributed by atoms with E-state index in [-0.39, 0.29) is 12.8 Å². The fourth-order valence-corrected chi connectivity index (χ4v) is 2.56. The molecule has 0 aliphatic carbocycles. The molecule has 0 saturated carbocycles. The van der Waals surface area contributed by atoms with Gasteiger partial charge in [-0.15, -0.1) is 0 Å². The van der Waals surface area contributed by atoms with Crippen molar-refractivity contribution in [2.75, 3.05) is 6.61 Å². The average molecular weight is 397 g/mol. The zero-order valence-corrected chi connectivity index (χ0v) is 15.8. The Bertz CT molecular complexity index is 986. The third-order valence-corrected chi connectivity index (χ3v) is 4.00. The first kappa shape index (κ1) is 20.1. The number of hydrogen-bond donors (Lipinski definition) is 2. The molecule has 0 bridgehead atoms. The second kappa shape index (κ2) is 9.50. The second-order valence-electron chi connectivity index (χ2n) is 6.06. The smallest absolute Gasteiger partial charge is 0.269 e. The highest BCUT2D eigenvalue weighted by atomic mass is 19.1. The second-order valence-corrected chi connectivity index (χ2v) is 6.06. The van der Waals surface area contributed by atoms with Crippen molar-refractivity contribution in [3.05, 3.63) is 72.0 Å². The predicted molar refractivity (Wildman–Crippen MR) is 103 cm³/mol. The van der Waals surface area contributed by atoms with Crippen LogP contribution in [0.5, 0.6) is 5.75 Å². The van der Waals surface area contributed by atoms with E-state index < -0.39 is 17.6 Å². The van der Waals surface area contributed by atoms with E-state index in [4.69, 9.17) is 9.15 Å². The maximum absolute atomic E-state index is 13.8. The zero-order valence-electron chi connectivity index (χ0n) is 15.8. The van der Waals surface area contributed by atoms with Crippen molar-refractivity contribution in [2.45, 2.75) is 19.8 Å². The zero-order chi connectivity index (χ0) is 20.6. The lowest BCUT2D eigenvalue weighted by molar-refractivity contribution is -0.121. The van der Waals surface area contributed by atoms with Crippen LogP contribution in [0.1, 0.15) is 29.6 Å². The van der Waals surface area contributed by atoms with Crippen LogP contribution in [0.2, 0.25) is 0 Å². The topological polar surface area (TPSA) is 93.5 Å². The lowest BCUT2D eigenvalue weighted by Gasteiger charge is -2.08. The van der Waals surface area contributed by atoms with Crippen LogP contribution in [0.4, 0.5) is 4.39 Å². The van der Waals surface area contributed by atoms with E-state index in [1.54, 1.807) is 42.5 Å². The largest absolute Gasteiger partial charge is 0.494 e. The van der Waals surface area contributed by atoms with Gasteiger partial charge in [0.25, 0.3) is 5.91 Å². The minimum absolute atomic E-state index is 0.0424. The summed E-state index contributed by atoms with van der Waals surface area (Å²) in [5.74, 6) is -0.00780. The van der Waals surface area contributed by atoms with Crippen LogP contribution in [0, 0.1) is 5.82 Å². The Morgan fingerprint density at radius 2 is 1.86 bits per heavy atom. The van der Waals surface area contributed by atoms with E-state index in [2.05, 4.69) is 15.8 Å². The first-order valence-electron chi connectivity index (χ1n) is 9.08. The Labute approximate surface area is 166 Å². The Balaban J connectivity index is 1.46. The molecule has 1 heterocycles. The molecule has 0 fully saturated rings. The van der Waals surface area contributed by atoms with Crippen molar-refractivity contribution in [1.82, 2.24) is 15.8 Å². The molecule has 0 unspecified atom stereocenters. The van der Waals surface area contributed by atoms with Gasteiger partial charge in [-0.25, -0.2) is 9.37 Å². The summed E-state index contributed by atoms with van der Waals surface area (Å²) in [7, 11) is 0. The van der Waals surface area contributed by atoms with Crippen molar-refractivity contribution >= 4 is 11.8 Å². The molecule has 3 aromatic rings. The number of rotatable bonds is 7. The fraction of sp³-hybridized carbons (Fsp3) is 0.190. The maximum Gasteiger partial charge on any atom is 0.269 e. The van der Waals surface area contributed by atoms with Gasteiger partial charge in [0.2, 0.25) is 5.91 Å². The number of hydrazine groups is 1. The van der Waals surface area contributed by atoms with Crippen molar-refractivity contribution in [2.24, 2.45) is 0 Å². The third kappa shape index (κ3) is 5.41. The van der Waals surface area contributed by atoms with Gasteiger partial charge in [-0.2, -0.15) is 0 Å². The number of halogens is 1. The normalized spacial score (nSPS) is 10.4. The SMILES string of the molecule is CCOc1ccc(C(=O)NNC(=O)CCc2ncc(-c3ccccc3F)o2)cc1. The van der Waals surface area contributed by atoms with Gasteiger partial charge in [-0.1, -0.05) is 12.1 Å². The van der Waals surface area contributed by atoms with E-state index in [9.17, 15) is 14.0 Å². The molecule has 0 aliphatic rings. The molecular formula is C21H20FN3O4. The van der Waals surface area contributed by atoms with E-state index in [1.807, 2.05) is 6.92 Å². The molecule has 0 atom stereocenters. The summed E-state index contributed by atoms with van der Waals surface area (Å²) in [6.07, 6.45) is 1.67. The molecule has 150 valence electrons. The van der Waals surface area contributed by atoms with Gasteiger partial charge in [-0.05, 0) is 43.3 Å². The van der Waals surface area contributed by atoms with E-state index in [0.717, 1.165) is 0 Å². The summed E-state index contributed by atoms with van der Waals surface area (Å²) in [6.45, 7) is 2.41. The quantitative estimate of drug-likeness (QED) is 0.597. The van der Waals surface area contributed by atoms with Gasteiger partial charge < -0.3 is 9.15 Å². The molecule has 0 aliphatic heterocycles. The standard InChI is InChI=1S/C21H20FN3O4/c1-2-28-15-9-7-14(8-10-15)21(27)25-24-19(26)11-12-20-23-13-18(29-20)16-5-3-4-6-17(16)22/h3-10,13H,2,11-12H2,1H3,(H,24,26)(H,25,27). The lowest BCUT2D eigenvalue weighted by atomic mass is 10.2. The molecule has 29 heavy (non-hydrogen) atoms. The highest BCUT2D eigenvalue weighted by molar-refractivity contribution is 5.95. The molecule has 0 spiro atoms. The lowest BCUT2D eigenvalue weighted by Crippen LogP contribution is -2.41. The predicted octanol–water partition coefficient (Wildman–Crippen LogP) is 3.27. The molecule has 8 heteroatoms. The molecule has 1 aromatic heterocycles. The van der Waals surface area contributed by atoms with E-state index in [1.165, 1.54) is 12.3 Å². The van der Waals surface area contributed by atoms with Gasteiger partial charge >= 0.3 is 0 Å². The maximum atomic E-state index is 13.8. The molecule has 2 N–H and O–H groups in total. The van der Waals surface area contributed by atoms with Crippen LogP contribution >= 0.6 is 0 Å². The molecule has 3 rings (SSSR count). The summed E-state index contributed by atoms with van der Waals surface area (Å²) in [4.78, 5) is 28.1. The van der Waals surface area contributed by atoms with Crippen molar-refractivity contribution in [3.63, 3.8) is 0 Å². The van der Waals surface area contributed by atoms with Crippen molar-refractivity contribution in [1.29, 1.82) is 0 Å². The Hall–Kier alpha value is -3.68. The number of carbonyl (C=O) groups excluding carboxylic acids is 2. The van der Waals surface area contributed by atoms with Gasteiger partial charge in [0.1, 0.15) is 11.6 Å². The number of hydrogen-bond acceptors (Lipinski definition) is 5. The number of aryl methyl sites for hydroxylation is 1. The fourth-order valence-electron chi connectivity index (χ4n) is 2.56. The molecule has 0 saturated heterocycles. The Morgan fingerprint density at radius 3 is 2.59 bits per heavy atom. The number of carbonyl (C=O) groups is 2. The minimum atomic E-state index is -0.445. The van der Waals surface area contributed by atoms with Crippen LogP contribution < -0.4 is 15.6 Å². The Kier molecular flexibility index (Phi) is 6.57. The molecular weight excluding hydrogens is 377 g/mol. The number of nitrogens with zero attached hydrogens (tertiary/aromatic N) is 1. The summed E-state index contributed by atoms with van der Waals surface area (Å²) in [6, 6.07) is 12.8. The van der Waals surface area contributed by atoms with Gasteiger partial charge in [-0.3, -0.25) is 20.4 Å².